The monoisotopic (exact) mass is 403 g/mol. The minimum Gasteiger partial charge on any atom is -0.496 e. The molecular formula is C9H11I2NO. The van der Waals surface area contributed by atoms with Gasteiger partial charge in [0.2, 0.25) is 0 Å². The highest BCUT2D eigenvalue weighted by Gasteiger charge is 2.05. The zero-order valence-electron chi connectivity index (χ0n) is 7.53. The van der Waals surface area contributed by atoms with Crippen molar-refractivity contribution < 1.29 is 4.74 Å². The van der Waals surface area contributed by atoms with Gasteiger partial charge in [-0.15, -0.1) is 0 Å². The predicted octanol–water partition coefficient (Wildman–Crippen LogP) is 2.62. The average Bonchev–Trinajstić information content (AvgIpc) is 2.11. The second kappa shape index (κ2) is 5.35. The van der Waals surface area contributed by atoms with Gasteiger partial charge in [0, 0.05) is 19.2 Å². The summed E-state index contributed by atoms with van der Waals surface area (Å²) in [4.78, 5) is 0. The lowest BCUT2D eigenvalue weighted by Gasteiger charge is -2.09. The van der Waals surface area contributed by atoms with Gasteiger partial charge >= 0.3 is 0 Å². The lowest BCUT2D eigenvalue weighted by Crippen LogP contribution is -2.07. The molecule has 0 aliphatic carbocycles. The van der Waals surface area contributed by atoms with E-state index in [0.717, 1.165) is 12.3 Å². The summed E-state index contributed by atoms with van der Waals surface area (Å²) in [6, 6.07) is 4.21. The molecule has 1 rings (SSSR count). The van der Waals surface area contributed by atoms with Gasteiger partial charge in [-0.25, -0.2) is 0 Å². The van der Waals surface area contributed by atoms with Crippen molar-refractivity contribution in [1.29, 1.82) is 0 Å². The maximum absolute atomic E-state index is 5.29. The Labute approximate surface area is 106 Å². The highest BCUT2D eigenvalue weighted by Crippen LogP contribution is 2.25. The lowest BCUT2D eigenvalue weighted by atomic mass is 10.2. The number of ether oxygens (including phenoxy) is 1. The molecule has 2 nitrogen and oxygen atoms in total. The molecule has 0 atom stereocenters. The van der Waals surface area contributed by atoms with E-state index in [0.29, 0.717) is 0 Å². The van der Waals surface area contributed by atoms with Crippen molar-refractivity contribution in [3.8, 4) is 5.75 Å². The van der Waals surface area contributed by atoms with Crippen molar-refractivity contribution in [2.45, 2.75) is 6.54 Å². The number of methoxy groups -OCH3 is 1. The molecule has 4 heteroatoms. The first kappa shape index (κ1) is 11.5. The number of nitrogens with one attached hydrogen (secondary N) is 1. The van der Waals surface area contributed by atoms with Gasteiger partial charge in [-0.1, -0.05) is 0 Å². The van der Waals surface area contributed by atoms with Crippen molar-refractivity contribution in [2.24, 2.45) is 0 Å². The van der Waals surface area contributed by atoms with Gasteiger partial charge in [0.05, 0.1) is 7.11 Å². The number of benzene rings is 1. The van der Waals surface area contributed by atoms with Crippen LogP contribution in [0.2, 0.25) is 0 Å². The van der Waals surface area contributed by atoms with E-state index < -0.39 is 0 Å². The second-order valence-corrected chi connectivity index (χ2v) is 4.93. The molecule has 0 saturated heterocycles. The van der Waals surface area contributed by atoms with Crippen molar-refractivity contribution in [2.75, 3.05) is 14.2 Å². The zero-order valence-corrected chi connectivity index (χ0v) is 11.8. The molecule has 0 aromatic heterocycles. The van der Waals surface area contributed by atoms with Crippen LogP contribution >= 0.6 is 45.2 Å². The van der Waals surface area contributed by atoms with Crippen molar-refractivity contribution in [3.63, 3.8) is 0 Å². The van der Waals surface area contributed by atoms with Crippen LogP contribution < -0.4 is 10.1 Å². The third-order valence-electron chi connectivity index (χ3n) is 1.69. The largest absolute Gasteiger partial charge is 0.496 e. The van der Waals surface area contributed by atoms with E-state index in [2.05, 4.69) is 62.6 Å². The SMILES string of the molecule is CNCc1cc(I)c(I)cc1OC. The molecule has 0 aliphatic heterocycles. The van der Waals surface area contributed by atoms with E-state index in [9.17, 15) is 0 Å². The molecule has 0 radical (unpaired) electrons. The quantitative estimate of drug-likeness (QED) is 0.785. The zero-order chi connectivity index (χ0) is 9.84. The second-order valence-electron chi connectivity index (χ2n) is 2.61. The Hall–Kier alpha value is 0.440. The first-order valence-electron chi connectivity index (χ1n) is 3.85. The van der Waals surface area contributed by atoms with Gasteiger partial charge in [0.15, 0.2) is 0 Å². The van der Waals surface area contributed by atoms with Crippen molar-refractivity contribution in [1.82, 2.24) is 5.32 Å². The fourth-order valence-electron chi connectivity index (χ4n) is 1.09. The topological polar surface area (TPSA) is 21.3 Å². The van der Waals surface area contributed by atoms with Crippen LogP contribution in [0.1, 0.15) is 5.56 Å². The molecule has 1 aromatic carbocycles. The van der Waals surface area contributed by atoms with Crippen LogP contribution in [0.4, 0.5) is 0 Å². The van der Waals surface area contributed by atoms with E-state index in [-0.39, 0.29) is 0 Å². The van der Waals surface area contributed by atoms with Gasteiger partial charge in [-0.05, 0) is 64.4 Å². The first-order chi connectivity index (χ1) is 6.19. The third kappa shape index (κ3) is 2.95. The Morgan fingerprint density at radius 1 is 1.31 bits per heavy atom. The minimum atomic E-state index is 0.843. The first-order valence-corrected chi connectivity index (χ1v) is 6.01. The van der Waals surface area contributed by atoms with Crippen LogP contribution in [0.25, 0.3) is 0 Å². The smallest absolute Gasteiger partial charge is 0.124 e. The normalized spacial score (nSPS) is 10.2. The van der Waals surface area contributed by atoms with Gasteiger partial charge < -0.3 is 10.1 Å². The van der Waals surface area contributed by atoms with Crippen LogP contribution in [0.3, 0.4) is 0 Å². The van der Waals surface area contributed by atoms with Crippen LogP contribution in [0.5, 0.6) is 5.75 Å². The van der Waals surface area contributed by atoms with Gasteiger partial charge in [0.1, 0.15) is 5.75 Å². The fourth-order valence-corrected chi connectivity index (χ4v) is 2.06. The highest BCUT2D eigenvalue weighted by atomic mass is 127. The fraction of sp³-hybridized carbons (Fsp3) is 0.333. The van der Waals surface area contributed by atoms with E-state index in [1.165, 1.54) is 12.7 Å². The summed E-state index contributed by atoms with van der Waals surface area (Å²) < 4.78 is 7.78. The summed E-state index contributed by atoms with van der Waals surface area (Å²) in [5.74, 6) is 0.958. The van der Waals surface area contributed by atoms with E-state index in [1.54, 1.807) is 7.11 Å². The molecule has 0 unspecified atom stereocenters. The maximum atomic E-state index is 5.29. The standard InChI is InChI=1S/C9H11I2NO/c1-12-5-6-3-7(10)8(11)4-9(6)13-2/h3-4,12H,5H2,1-2H3. The predicted molar refractivity (Wildman–Crippen MR) is 71.2 cm³/mol. The summed E-state index contributed by atoms with van der Waals surface area (Å²) in [5, 5.41) is 3.12. The Bertz CT molecular complexity index is 302. The molecule has 0 saturated carbocycles. The summed E-state index contributed by atoms with van der Waals surface area (Å²) in [6.45, 7) is 0.843. The Kier molecular flexibility index (Phi) is 4.74. The molecule has 72 valence electrons. The Morgan fingerprint density at radius 2 is 1.92 bits per heavy atom. The third-order valence-corrected chi connectivity index (χ3v) is 4.51. The summed E-state index contributed by atoms with van der Waals surface area (Å²) in [5.41, 5.74) is 1.20. The maximum Gasteiger partial charge on any atom is 0.124 e. The Balaban J connectivity index is 3.09. The highest BCUT2D eigenvalue weighted by molar-refractivity contribution is 14.1. The van der Waals surface area contributed by atoms with E-state index in [1.807, 2.05) is 7.05 Å². The van der Waals surface area contributed by atoms with Crippen molar-refractivity contribution in [3.05, 3.63) is 24.8 Å². The van der Waals surface area contributed by atoms with E-state index in [4.69, 9.17) is 4.74 Å². The van der Waals surface area contributed by atoms with E-state index >= 15 is 0 Å². The van der Waals surface area contributed by atoms with Crippen molar-refractivity contribution >= 4 is 45.2 Å². The number of halogens is 2. The number of rotatable bonds is 3. The molecule has 0 spiro atoms. The minimum absolute atomic E-state index is 0.843. The van der Waals surface area contributed by atoms with Gasteiger partial charge in [0.25, 0.3) is 0 Å². The molecule has 0 aliphatic rings. The Morgan fingerprint density at radius 3 is 2.46 bits per heavy atom. The van der Waals surface area contributed by atoms with Gasteiger partial charge in [-0.2, -0.15) is 0 Å². The van der Waals surface area contributed by atoms with Gasteiger partial charge in [-0.3, -0.25) is 0 Å². The van der Waals surface area contributed by atoms with Crippen LogP contribution in [-0.4, -0.2) is 14.2 Å². The summed E-state index contributed by atoms with van der Waals surface area (Å²) in [7, 11) is 3.64. The molecule has 13 heavy (non-hydrogen) atoms. The lowest BCUT2D eigenvalue weighted by molar-refractivity contribution is 0.408. The molecular weight excluding hydrogens is 392 g/mol. The van der Waals surface area contributed by atoms with Crippen LogP contribution in [-0.2, 0) is 6.54 Å². The van der Waals surface area contributed by atoms with Crippen LogP contribution in [0, 0.1) is 7.14 Å². The molecule has 0 amide bonds. The molecule has 0 bridgehead atoms. The molecule has 1 N–H and O–H groups in total. The number of hydrogen-bond acceptors (Lipinski definition) is 2. The van der Waals surface area contributed by atoms with Crippen LogP contribution in [0.15, 0.2) is 12.1 Å². The number of hydrogen-bond donors (Lipinski definition) is 1. The average molecular weight is 403 g/mol. The molecule has 0 heterocycles. The molecule has 1 aromatic rings. The molecule has 0 fully saturated rings. The summed E-state index contributed by atoms with van der Waals surface area (Å²) >= 11 is 4.64. The summed E-state index contributed by atoms with van der Waals surface area (Å²) in [6.07, 6.45) is 0.